The molecular weight excluding hydrogens is 925 g/mol. The minimum absolute atomic E-state index is 0.553. The molecule has 0 saturated heterocycles. The van der Waals surface area contributed by atoms with Crippen molar-refractivity contribution in [1.82, 2.24) is 24.1 Å². The Hall–Kier alpha value is -9.70. The molecule has 0 unspecified atom stereocenters. The highest BCUT2D eigenvalue weighted by molar-refractivity contribution is 6.13. The molecule has 0 spiro atoms. The molecule has 0 bridgehead atoms. The van der Waals surface area contributed by atoms with Gasteiger partial charge in [0.1, 0.15) is 0 Å². The van der Waals surface area contributed by atoms with E-state index in [0.717, 1.165) is 82.8 Å². The van der Waals surface area contributed by atoms with Crippen LogP contribution in [0.1, 0.15) is 38.9 Å². The molecule has 0 saturated carbocycles. The number of para-hydroxylation sites is 2. The van der Waals surface area contributed by atoms with Gasteiger partial charge in [0.15, 0.2) is 17.5 Å². The second kappa shape index (κ2) is 18.3. The smallest absolute Gasteiger partial charge is 0.164 e. The maximum atomic E-state index is 10.7. The molecule has 76 heavy (non-hydrogen) atoms. The van der Waals surface area contributed by atoms with Crippen molar-refractivity contribution in [2.24, 2.45) is 0 Å². The van der Waals surface area contributed by atoms with Crippen LogP contribution in [0.25, 0.3) is 123 Å². The number of fused-ring (bicyclic) bond motifs is 6. The van der Waals surface area contributed by atoms with Gasteiger partial charge in [0.2, 0.25) is 0 Å². The summed E-state index contributed by atoms with van der Waals surface area (Å²) in [5.41, 5.74) is 23.6. The molecule has 0 aliphatic carbocycles. The van der Waals surface area contributed by atoms with Crippen LogP contribution < -0.4 is 0 Å². The minimum Gasteiger partial charge on any atom is -0.309 e. The zero-order valence-electron chi connectivity index (χ0n) is 43.3. The van der Waals surface area contributed by atoms with Crippen LogP contribution in [0, 0.1) is 52.9 Å². The molecule has 6 heteroatoms. The van der Waals surface area contributed by atoms with Crippen LogP contribution in [-0.4, -0.2) is 24.1 Å². The van der Waals surface area contributed by atoms with Gasteiger partial charge in [-0.3, -0.25) is 0 Å². The van der Waals surface area contributed by atoms with Crippen molar-refractivity contribution in [3.63, 3.8) is 0 Å². The van der Waals surface area contributed by atoms with E-state index in [-0.39, 0.29) is 0 Å². The largest absolute Gasteiger partial charge is 0.309 e. The molecular formula is C70H52N6. The Kier molecular flexibility index (Phi) is 11.1. The van der Waals surface area contributed by atoms with E-state index in [2.05, 4.69) is 196 Å². The molecule has 10 aromatic carbocycles. The Morgan fingerprint density at radius 1 is 0.329 bits per heavy atom. The lowest BCUT2D eigenvalue weighted by Gasteiger charge is -2.20. The van der Waals surface area contributed by atoms with Gasteiger partial charge in [-0.2, -0.15) is 5.26 Å². The van der Waals surface area contributed by atoms with Crippen molar-refractivity contribution < 1.29 is 0 Å². The lowest BCUT2D eigenvalue weighted by atomic mass is 9.93. The van der Waals surface area contributed by atoms with Gasteiger partial charge < -0.3 is 9.13 Å². The average Bonchev–Trinajstić information content (AvgIpc) is 4.04. The Bertz CT molecular complexity index is 4430. The SMILES string of the molecule is Cc1cc(C)c(-c2ccc3c(c2)c2ccccc2n3-c2ccc(C#N)cc2-c2ccc(-c3nc(-c4ccccc4)nc(-c4ccccc4)n3)cc2-n2c3ccccc3c3cc(-c4c(C)cc(C)cc4C)ccc32)c(C)c1. The van der Waals surface area contributed by atoms with Crippen LogP contribution in [0.3, 0.4) is 0 Å². The summed E-state index contributed by atoms with van der Waals surface area (Å²) in [6.07, 6.45) is 0. The predicted octanol–water partition coefficient (Wildman–Crippen LogP) is 17.8. The molecule has 362 valence electrons. The molecule has 0 aliphatic heterocycles. The first-order valence-electron chi connectivity index (χ1n) is 25.9. The normalized spacial score (nSPS) is 11.5. The molecule has 0 aliphatic rings. The van der Waals surface area contributed by atoms with Gasteiger partial charge in [-0.15, -0.1) is 0 Å². The van der Waals surface area contributed by atoms with Crippen LogP contribution in [-0.2, 0) is 0 Å². The fourth-order valence-electron chi connectivity index (χ4n) is 12.1. The lowest BCUT2D eigenvalue weighted by Crippen LogP contribution is -2.04. The number of nitriles is 1. The number of aromatic nitrogens is 5. The highest BCUT2D eigenvalue weighted by atomic mass is 15.0. The van der Waals surface area contributed by atoms with Crippen molar-refractivity contribution in [2.75, 3.05) is 0 Å². The van der Waals surface area contributed by atoms with Gasteiger partial charge in [-0.25, -0.2) is 15.0 Å². The quantitative estimate of drug-likeness (QED) is 0.152. The molecule has 3 heterocycles. The molecule has 3 aromatic heterocycles. The second-order valence-corrected chi connectivity index (χ2v) is 20.3. The topological polar surface area (TPSA) is 72.3 Å². The number of nitrogens with zero attached hydrogens (tertiary/aromatic N) is 6. The summed E-state index contributed by atoms with van der Waals surface area (Å²) in [7, 11) is 0. The van der Waals surface area contributed by atoms with Crippen molar-refractivity contribution in [3.8, 4) is 85.0 Å². The Balaban J connectivity index is 1.10. The van der Waals surface area contributed by atoms with E-state index in [4.69, 9.17) is 15.0 Å². The Labute approximate surface area is 442 Å². The summed E-state index contributed by atoms with van der Waals surface area (Å²) in [4.78, 5) is 15.5. The van der Waals surface area contributed by atoms with E-state index in [9.17, 15) is 5.26 Å². The van der Waals surface area contributed by atoms with E-state index in [0.29, 0.717) is 23.0 Å². The van der Waals surface area contributed by atoms with E-state index >= 15 is 0 Å². The summed E-state index contributed by atoms with van der Waals surface area (Å²) >= 11 is 0. The third-order valence-electron chi connectivity index (χ3n) is 15.1. The maximum absolute atomic E-state index is 10.7. The van der Waals surface area contributed by atoms with E-state index in [1.807, 2.05) is 66.7 Å². The first-order chi connectivity index (χ1) is 37.1. The summed E-state index contributed by atoms with van der Waals surface area (Å²) in [6.45, 7) is 13.2. The highest BCUT2D eigenvalue weighted by Crippen LogP contribution is 2.44. The molecule has 0 radical (unpaired) electrons. The number of aryl methyl sites for hydroxylation is 6. The summed E-state index contributed by atoms with van der Waals surface area (Å²) in [5.74, 6) is 1.73. The minimum atomic E-state index is 0.553. The average molecular weight is 977 g/mol. The zero-order chi connectivity index (χ0) is 51.8. The van der Waals surface area contributed by atoms with Crippen LogP contribution in [0.15, 0.2) is 206 Å². The van der Waals surface area contributed by atoms with Crippen LogP contribution in [0.4, 0.5) is 0 Å². The van der Waals surface area contributed by atoms with Crippen molar-refractivity contribution in [1.29, 1.82) is 5.26 Å². The number of hydrogen-bond donors (Lipinski definition) is 0. The molecule has 0 fully saturated rings. The molecule has 13 aromatic rings. The maximum Gasteiger partial charge on any atom is 0.164 e. The third kappa shape index (κ3) is 7.75. The lowest BCUT2D eigenvalue weighted by molar-refractivity contribution is 1.07. The fourth-order valence-corrected chi connectivity index (χ4v) is 12.1. The van der Waals surface area contributed by atoms with Gasteiger partial charge in [0.05, 0.1) is 45.1 Å². The van der Waals surface area contributed by atoms with Crippen LogP contribution >= 0.6 is 0 Å². The number of rotatable bonds is 8. The summed E-state index contributed by atoms with van der Waals surface area (Å²) in [6, 6.07) is 75.7. The van der Waals surface area contributed by atoms with Crippen LogP contribution in [0.5, 0.6) is 0 Å². The standard InChI is InChI=1S/C70H52N6/c1-42-33-44(3)66(45(4)34-42)51-27-31-63-58(38-51)54-21-13-15-23-60(54)75(63)62-30-25-48(41-71)37-57(62)56-29-26-53(70-73-68(49-17-9-7-10-18-49)72-69(74-70)50-19-11-8-12-20-50)40-65(56)76-61-24-16-14-22-55(61)59-39-52(28-32-64(59)76)67-46(5)35-43(2)36-47(67)6/h7-40H,1-6H3. The highest BCUT2D eigenvalue weighted by Gasteiger charge is 2.24. The molecule has 0 N–H and O–H groups in total. The number of hydrogen-bond acceptors (Lipinski definition) is 4. The van der Waals surface area contributed by atoms with Gasteiger partial charge in [0.25, 0.3) is 0 Å². The van der Waals surface area contributed by atoms with Gasteiger partial charge in [-0.1, -0.05) is 157 Å². The van der Waals surface area contributed by atoms with Crippen molar-refractivity contribution in [3.05, 3.63) is 245 Å². The van der Waals surface area contributed by atoms with Gasteiger partial charge in [0, 0.05) is 49.4 Å². The van der Waals surface area contributed by atoms with Crippen molar-refractivity contribution >= 4 is 43.6 Å². The molecule has 6 nitrogen and oxygen atoms in total. The predicted molar refractivity (Wildman–Crippen MR) is 314 cm³/mol. The molecule has 13 rings (SSSR count). The number of benzene rings is 10. The monoisotopic (exact) mass is 976 g/mol. The molecule has 0 amide bonds. The first-order valence-corrected chi connectivity index (χ1v) is 25.9. The first kappa shape index (κ1) is 46.1. The van der Waals surface area contributed by atoms with Crippen molar-refractivity contribution in [2.45, 2.75) is 41.5 Å². The Morgan fingerprint density at radius 3 is 1.24 bits per heavy atom. The van der Waals surface area contributed by atoms with E-state index < -0.39 is 0 Å². The van der Waals surface area contributed by atoms with Crippen LogP contribution in [0.2, 0.25) is 0 Å². The van der Waals surface area contributed by atoms with E-state index in [1.54, 1.807) is 0 Å². The van der Waals surface area contributed by atoms with Gasteiger partial charge in [-0.05, 0) is 147 Å². The van der Waals surface area contributed by atoms with Gasteiger partial charge >= 0.3 is 0 Å². The fraction of sp³-hybridized carbons (Fsp3) is 0.0857. The molecule has 0 atom stereocenters. The summed E-state index contributed by atoms with van der Waals surface area (Å²) in [5, 5.41) is 15.3. The summed E-state index contributed by atoms with van der Waals surface area (Å²) < 4.78 is 4.78. The third-order valence-corrected chi connectivity index (χ3v) is 15.1. The van der Waals surface area contributed by atoms with E-state index in [1.165, 1.54) is 55.6 Å². The zero-order valence-corrected chi connectivity index (χ0v) is 43.3. The second-order valence-electron chi connectivity index (χ2n) is 20.3. The Morgan fingerprint density at radius 2 is 0.750 bits per heavy atom.